The van der Waals surface area contributed by atoms with Crippen LogP contribution in [-0.4, -0.2) is 37.1 Å². The van der Waals surface area contributed by atoms with E-state index in [1.807, 2.05) is 19.2 Å². The molecular formula is C16H24N4O. The molecule has 2 saturated heterocycles. The van der Waals surface area contributed by atoms with Gasteiger partial charge in [-0.3, -0.25) is 4.79 Å². The Balaban J connectivity index is 1.54. The number of aromatic nitrogens is 1. The SMILES string of the molecule is CC(C(=O)NCc1ccnc(N2CCCC2)c1)C1CNC1. The molecule has 2 aliphatic rings. The summed E-state index contributed by atoms with van der Waals surface area (Å²) in [4.78, 5) is 18.9. The quantitative estimate of drug-likeness (QED) is 0.853. The summed E-state index contributed by atoms with van der Waals surface area (Å²) >= 11 is 0. The Kier molecular flexibility index (Phi) is 4.39. The van der Waals surface area contributed by atoms with Crippen molar-refractivity contribution < 1.29 is 4.79 Å². The van der Waals surface area contributed by atoms with Crippen LogP contribution in [0.2, 0.25) is 0 Å². The Labute approximate surface area is 126 Å². The summed E-state index contributed by atoms with van der Waals surface area (Å²) in [6.07, 6.45) is 4.33. The molecule has 0 saturated carbocycles. The Hall–Kier alpha value is -1.62. The van der Waals surface area contributed by atoms with Crippen LogP contribution in [0.1, 0.15) is 25.3 Å². The lowest BCUT2D eigenvalue weighted by molar-refractivity contribution is -0.126. The first-order valence-corrected chi connectivity index (χ1v) is 7.92. The van der Waals surface area contributed by atoms with Crippen LogP contribution in [0.4, 0.5) is 5.82 Å². The van der Waals surface area contributed by atoms with Crippen molar-refractivity contribution in [1.82, 2.24) is 15.6 Å². The summed E-state index contributed by atoms with van der Waals surface area (Å²) < 4.78 is 0. The van der Waals surface area contributed by atoms with Gasteiger partial charge in [0, 0.05) is 31.7 Å². The molecule has 2 aliphatic heterocycles. The maximum Gasteiger partial charge on any atom is 0.223 e. The minimum absolute atomic E-state index is 0.0890. The molecule has 0 aliphatic carbocycles. The van der Waals surface area contributed by atoms with Crippen LogP contribution in [0.25, 0.3) is 0 Å². The molecule has 3 heterocycles. The molecular weight excluding hydrogens is 264 g/mol. The molecule has 0 radical (unpaired) electrons. The van der Waals surface area contributed by atoms with Crippen LogP contribution >= 0.6 is 0 Å². The van der Waals surface area contributed by atoms with E-state index in [0.29, 0.717) is 12.5 Å². The molecule has 1 amide bonds. The summed E-state index contributed by atoms with van der Waals surface area (Å²) in [7, 11) is 0. The third-order valence-electron chi connectivity index (χ3n) is 4.64. The average molecular weight is 288 g/mol. The van der Waals surface area contributed by atoms with Gasteiger partial charge >= 0.3 is 0 Å². The normalized spacial score (nSPS) is 20.1. The van der Waals surface area contributed by atoms with E-state index >= 15 is 0 Å². The van der Waals surface area contributed by atoms with Crippen molar-refractivity contribution in [3.63, 3.8) is 0 Å². The summed E-state index contributed by atoms with van der Waals surface area (Å²) in [5.74, 6) is 1.77. The number of hydrogen-bond donors (Lipinski definition) is 2. The molecule has 0 spiro atoms. The van der Waals surface area contributed by atoms with Gasteiger partial charge in [0.05, 0.1) is 0 Å². The molecule has 1 atom stereocenters. The first-order valence-electron chi connectivity index (χ1n) is 7.92. The van der Waals surface area contributed by atoms with Gasteiger partial charge in [-0.15, -0.1) is 0 Å². The second-order valence-corrected chi connectivity index (χ2v) is 6.14. The number of pyridine rings is 1. The fourth-order valence-electron chi connectivity index (χ4n) is 2.92. The van der Waals surface area contributed by atoms with Gasteiger partial charge in [-0.25, -0.2) is 4.98 Å². The van der Waals surface area contributed by atoms with Gasteiger partial charge in [-0.05, 0) is 49.5 Å². The smallest absolute Gasteiger partial charge is 0.223 e. The second kappa shape index (κ2) is 6.43. The molecule has 5 nitrogen and oxygen atoms in total. The minimum Gasteiger partial charge on any atom is -0.357 e. The van der Waals surface area contributed by atoms with E-state index in [0.717, 1.165) is 37.6 Å². The molecule has 2 N–H and O–H groups in total. The first-order chi connectivity index (χ1) is 10.2. The number of amides is 1. The number of nitrogens with one attached hydrogen (secondary N) is 2. The monoisotopic (exact) mass is 288 g/mol. The maximum atomic E-state index is 12.1. The van der Waals surface area contributed by atoms with Gasteiger partial charge < -0.3 is 15.5 Å². The number of nitrogens with zero attached hydrogens (tertiary/aromatic N) is 2. The van der Waals surface area contributed by atoms with Crippen LogP contribution in [0.5, 0.6) is 0 Å². The highest BCUT2D eigenvalue weighted by molar-refractivity contribution is 5.78. The maximum absolute atomic E-state index is 12.1. The second-order valence-electron chi connectivity index (χ2n) is 6.14. The van der Waals surface area contributed by atoms with Gasteiger partial charge in [-0.2, -0.15) is 0 Å². The van der Waals surface area contributed by atoms with Crippen LogP contribution in [0.3, 0.4) is 0 Å². The molecule has 1 unspecified atom stereocenters. The largest absolute Gasteiger partial charge is 0.357 e. The lowest BCUT2D eigenvalue weighted by atomic mass is 9.88. The predicted octanol–water partition coefficient (Wildman–Crippen LogP) is 1.15. The highest BCUT2D eigenvalue weighted by Gasteiger charge is 2.28. The van der Waals surface area contributed by atoms with E-state index in [4.69, 9.17) is 0 Å². The Morgan fingerprint density at radius 1 is 1.48 bits per heavy atom. The fourth-order valence-corrected chi connectivity index (χ4v) is 2.92. The molecule has 21 heavy (non-hydrogen) atoms. The first kappa shape index (κ1) is 14.3. The minimum atomic E-state index is 0.0890. The number of carbonyl (C=O) groups excluding carboxylic acids is 1. The van der Waals surface area contributed by atoms with Crippen molar-refractivity contribution in [2.75, 3.05) is 31.1 Å². The number of rotatable bonds is 5. The van der Waals surface area contributed by atoms with Crippen molar-refractivity contribution >= 4 is 11.7 Å². The summed E-state index contributed by atoms with van der Waals surface area (Å²) in [6, 6.07) is 4.08. The third kappa shape index (κ3) is 3.35. The zero-order chi connectivity index (χ0) is 14.7. The number of anilines is 1. The van der Waals surface area contributed by atoms with Crippen molar-refractivity contribution in [1.29, 1.82) is 0 Å². The van der Waals surface area contributed by atoms with E-state index in [9.17, 15) is 4.79 Å². The fraction of sp³-hybridized carbons (Fsp3) is 0.625. The molecule has 1 aromatic heterocycles. The Bertz CT molecular complexity index is 495. The average Bonchev–Trinajstić information content (AvgIpc) is 2.97. The molecule has 2 fully saturated rings. The highest BCUT2D eigenvalue weighted by Crippen LogP contribution is 2.19. The Morgan fingerprint density at radius 2 is 2.24 bits per heavy atom. The van der Waals surface area contributed by atoms with Crippen molar-refractivity contribution in [2.45, 2.75) is 26.3 Å². The number of hydrogen-bond acceptors (Lipinski definition) is 4. The molecule has 1 aromatic rings. The van der Waals surface area contributed by atoms with E-state index in [1.54, 1.807) is 0 Å². The number of carbonyl (C=O) groups is 1. The zero-order valence-electron chi connectivity index (χ0n) is 12.6. The van der Waals surface area contributed by atoms with E-state index in [-0.39, 0.29) is 11.8 Å². The summed E-state index contributed by atoms with van der Waals surface area (Å²) in [6.45, 7) is 6.71. The molecule has 114 valence electrons. The lowest BCUT2D eigenvalue weighted by Crippen LogP contribution is -2.49. The van der Waals surface area contributed by atoms with Gasteiger partial charge in [0.25, 0.3) is 0 Å². The summed E-state index contributed by atoms with van der Waals surface area (Å²) in [5, 5.41) is 6.27. The lowest BCUT2D eigenvalue weighted by Gasteiger charge is -2.31. The molecule has 0 bridgehead atoms. The van der Waals surface area contributed by atoms with E-state index in [1.165, 1.54) is 12.8 Å². The van der Waals surface area contributed by atoms with Gasteiger partial charge in [0.15, 0.2) is 0 Å². The van der Waals surface area contributed by atoms with Gasteiger partial charge in [0.1, 0.15) is 5.82 Å². The topological polar surface area (TPSA) is 57.3 Å². The standard InChI is InChI=1S/C16H24N4O/c1-12(14-10-17-11-14)16(21)19-9-13-4-5-18-15(8-13)20-6-2-3-7-20/h4-5,8,12,14,17H,2-3,6-7,9-11H2,1H3,(H,19,21). The van der Waals surface area contributed by atoms with Crippen molar-refractivity contribution in [3.05, 3.63) is 23.9 Å². The van der Waals surface area contributed by atoms with Crippen LogP contribution < -0.4 is 15.5 Å². The predicted molar refractivity (Wildman–Crippen MR) is 83.1 cm³/mol. The van der Waals surface area contributed by atoms with Crippen LogP contribution in [-0.2, 0) is 11.3 Å². The van der Waals surface area contributed by atoms with E-state index in [2.05, 4.69) is 26.6 Å². The molecule has 5 heteroatoms. The van der Waals surface area contributed by atoms with Crippen molar-refractivity contribution in [2.24, 2.45) is 11.8 Å². The van der Waals surface area contributed by atoms with Crippen molar-refractivity contribution in [3.8, 4) is 0 Å². The van der Waals surface area contributed by atoms with E-state index < -0.39 is 0 Å². The molecule has 0 aromatic carbocycles. The van der Waals surface area contributed by atoms with Crippen LogP contribution in [0.15, 0.2) is 18.3 Å². The van der Waals surface area contributed by atoms with Crippen LogP contribution in [0, 0.1) is 11.8 Å². The Morgan fingerprint density at radius 3 is 2.90 bits per heavy atom. The van der Waals surface area contributed by atoms with Gasteiger partial charge in [-0.1, -0.05) is 6.92 Å². The van der Waals surface area contributed by atoms with Gasteiger partial charge in [0.2, 0.25) is 5.91 Å². The zero-order valence-corrected chi connectivity index (χ0v) is 12.6. The highest BCUT2D eigenvalue weighted by atomic mass is 16.1. The summed E-state index contributed by atoms with van der Waals surface area (Å²) in [5.41, 5.74) is 1.12. The third-order valence-corrected chi connectivity index (χ3v) is 4.64. The molecule has 3 rings (SSSR count).